The fraction of sp³-hybridized carbons (Fsp3) is 0.556. The molecule has 0 atom stereocenters. The molecule has 1 rings (SSSR count). The molecule has 0 aliphatic carbocycles. The summed E-state index contributed by atoms with van der Waals surface area (Å²) in [7, 11) is 0. The number of nitrogens with one attached hydrogen (secondary N) is 1. The van der Waals surface area contributed by atoms with E-state index >= 15 is 0 Å². The van der Waals surface area contributed by atoms with Crippen molar-refractivity contribution < 1.29 is 14.3 Å². The van der Waals surface area contributed by atoms with Gasteiger partial charge in [-0.2, -0.15) is 0 Å². The number of hydrogen-bond acceptors (Lipinski definition) is 3. The lowest BCUT2D eigenvalue weighted by Crippen LogP contribution is -2.38. The molecular weight excluding hydrogens is 278 g/mol. The van der Waals surface area contributed by atoms with E-state index in [9.17, 15) is 9.59 Å². The Bertz CT molecular complexity index is 501. The van der Waals surface area contributed by atoms with Crippen molar-refractivity contribution in [3.8, 4) is 0 Å². The third-order valence-corrected chi connectivity index (χ3v) is 3.23. The van der Waals surface area contributed by atoms with Crippen LogP contribution >= 0.6 is 0 Å². The van der Waals surface area contributed by atoms with Crippen LogP contribution < -0.4 is 5.32 Å². The lowest BCUT2D eigenvalue weighted by Gasteiger charge is -2.26. The van der Waals surface area contributed by atoms with E-state index in [0.29, 0.717) is 19.4 Å². The average molecular weight is 305 g/mol. The predicted octanol–water partition coefficient (Wildman–Crippen LogP) is 4.20. The standard InChI is InChI=1S/C18H27NO3/c1-17(2,3)22-16(21)19-13-18(4,5)12-11-15(20)14-9-7-6-8-10-14/h6-10H,11-13H2,1-5H3,(H,19,21). The Morgan fingerprint density at radius 1 is 1.05 bits per heavy atom. The van der Waals surface area contributed by atoms with Gasteiger partial charge in [-0.3, -0.25) is 4.79 Å². The zero-order valence-electron chi connectivity index (χ0n) is 14.2. The number of carbonyl (C=O) groups excluding carboxylic acids is 2. The predicted molar refractivity (Wildman–Crippen MR) is 88.0 cm³/mol. The summed E-state index contributed by atoms with van der Waals surface area (Å²) < 4.78 is 5.21. The van der Waals surface area contributed by atoms with Gasteiger partial charge in [0.25, 0.3) is 0 Å². The SMILES string of the molecule is CC(C)(CCC(=O)c1ccccc1)CNC(=O)OC(C)(C)C. The molecule has 0 saturated carbocycles. The van der Waals surface area contributed by atoms with Gasteiger partial charge in [-0.05, 0) is 32.6 Å². The molecule has 122 valence electrons. The fourth-order valence-electron chi connectivity index (χ4n) is 1.93. The molecule has 1 aromatic rings. The first-order valence-electron chi connectivity index (χ1n) is 7.64. The highest BCUT2D eigenvalue weighted by Gasteiger charge is 2.22. The molecule has 22 heavy (non-hydrogen) atoms. The van der Waals surface area contributed by atoms with Gasteiger partial charge in [0.05, 0.1) is 0 Å². The summed E-state index contributed by atoms with van der Waals surface area (Å²) in [6, 6.07) is 9.28. The second-order valence-corrected chi connectivity index (χ2v) is 7.31. The van der Waals surface area contributed by atoms with Crippen LogP contribution in [0.25, 0.3) is 0 Å². The van der Waals surface area contributed by atoms with Gasteiger partial charge in [0.15, 0.2) is 5.78 Å². The van der Waals surface area contributed by atoms with Crippen LogP contribution in [0.4, 0.5) is 4.79 Å². The van der Waals surface area contributed by atoms with E-state index in [2.05, 4.69) is 5.32 Å². The molecule has 1 N–H and O–H groups in total. The minimum absolute atomic E-state index is 0.131. The molecule has 0 aliphatic heterocycles. The second kappa shape index (κ2) is 7.43. The Morgan fingerprint density at radius 3 is 2.18 bits per heavy atom. The van der Waals surface area contributed by atoms with Crippen molar-refractivity contribution in [2.75, 3.05) is 6.54 Å². The number of benzene rings is 1. The van der Waals surface area contributed by atoms with Gasteiger partial charge in [0.1, 0.15) is 5.60 Å². The summed E-state index contributed by atoms with van der Waals surface area (Å²) in [5.74, 6) is 0.131. The fourth-order valence-corrected chi connectivity index (χ4v) is 1.93. The molecule has 0 spiro atoms. The van der Waals surface area contributed by atoms with E-state index in [-0.39, 0.29) is 11.2 Å². The van der Waals surface area contributed by atoms with Crippen molar-refractivity contribution in [2.45, 2.75) is 53.1 Å². The van der Waals surface area contributed by atoms with Gasteiger partial charge in [-0.1, -0.05) is 44.2 Å². The minimum atomic E-state index is -0.502. The van der Waals surface area contributed by atoms with E-state index in [1.807, 2.05) is 65.0 Å². The van der Waals surface area contributed by atoms with Gasteiger partial charge in [-0.15, -0.1) is 0 Å². The molecule has 0 heterocycles. The van der Waals surface area contributed by atoms with E-state index in [4.69, 9.17) is 4.74 Å². The molecule has 0 unspecified atom stereocenters. The Labute approximate surface area is 133 Å². The Balaban J connectivity index is 2.41. The Kier molecular flexibility index (Phi) is 6.15. The highest BCUT2D eigenvalue weighted by atomic mass is 16.6. The summed E-state index contributed by atoms with van der Waals surface area (Å²) in [5.41, 5.74) is 0.0668. The molecule has 0 bridgehead atoms. The highest BCUT2D eigenvalue weighted by Crippen LogP contribution is 2.22. The lowest BCUT2D eigenvalue weighted by atomic mass is 9.86. The zero-order valence-corrected chi connectivity index (χ0v) is 14.2. The summed E-state index contributed by atoms with van der Waals surface area (Å²) in [4.78, 5) is 23.8. The van der Waals surface area contributed by atoms with Gasteiger partial charge in [0, 0.05) is 18.5 Å². The number of hydrogen-bond donors (Lipinski definition) is 1. The summed E-state index contributed by atoms with van der Waals surface area (Å²) in [6.45, 7) is 10.0. The topological polar surface area (TPSA) is 55.4 Å². The molecular formula is C18H27NO3. The van der Waals surface area contributed by atoms with Crippen molar-refractivity contribution in [3.63, 3.8) is 0 Å². The molecule has 0 saturated heterocycles. The Hall–Kier alpha value is -1.84. The summed E-state index contributed by atoms with van der Waals surface area (Å²) in [6.07, 6.45) is 0.749. The lowest BCUT2D eigenvalue weighted by molar-refractivity contribution is 0.0504. The zero-order chi connectivity index (χ0) is 16.8. The van der Waals surface area contributed by atoms with Gasteiger partial charge in [-0.25, -0.2) is 4.79 Å². The van der Waals surface area contributed by atoms with Crippen LogP contribution in [-0.2, 0) is 4.74 Å². The van der Waals surface area contributed by atoms with Gasteiger partial charge in [0.2, 0.25) is 0 Å². The number of carbonyl (C=O) groups is 2. The molecule has 0 fully saturated rings. The third kappa shape index (κ3) is 7.25. The van der Waals surface area contributed by atoms with E-state index in [1.165, 1.54) is 0 Å². The maximum absolute atomic E-state index is 12.1. The maximum Gasteiger partial charge on any atom is 0.407 e. The number of ether oxygens (including phenoxy) is 1. The van der Waals surface area contributed by atoms with Crippen molar-refractivity contribution >= 4 is 11.9 Å². The van der Waals surface area contributed by atoms with Crippen molar-refractivity contribution in [1.29, 1.82) is 0 Å². The van der Waals surface area contributed by atoms with Crippen molar-refractivity contribution in [3.05, 3.63) is 35.9 Å². The maximum atomic E-state index is 12.1. The monoisotopic (exact) mass is 305 g/mol. The van der Waals surface area contributed by atoms with Crippen LogP contribution in [0.5, 0.6) is 0 Å². The smallest absolute Gasteiger partial charge is 0.407 e. The molecule has 4 nitrogen and oxygen atoms in total. The van der Waals surface area contributed by atoms with Gasteiger partial charge >= 0.3 is 6.09 Å². The third-order valence-electron chi connectivity index (χ3n) is 3.23. The normalized spacial score (nSPS) is 11.9. The second-order valence-electron chi connectivity index (χ2n) is 7.31. The van der Waals surface area contributed by atoms with E-state index < -0.39 is 11.7 Å². The van der Waals surface area contributed by atoms with Crippen LogP contribution in [0.2, 0.25) is 0 Å². The summed E-state index contributed by atoms with van der Waals surface area (Å²) in [5, 5.41) is 2.77. The number of alkyl carbamates (subject to hydrolysis) is 1. The van der Waals surface area contributed by atoms with Crippen molar-refractivity contribution in [2.24, 2.45) is 5.41 Å². The first-order valence-corrected chi connectivity index (χ1v) is 7.64. The summed E-state index contributed by atoms with van der Waals surface area (Å²) >= 11 is 0. The van der Waals surface area contributed by atoms with Crippen LogP contribution in [0.15, 0.2) is 30.3 Å². The molecule has 0 radical (unpaired) electrons. The number of ketones is 1. The molecule has 4 heteroatoms. The molecule has 0 aliphatic rings. The highest BCUT2D eigenvalue weighted by molar-refractivity contribution is 5.95. The van der Waals surface area contributed by atoms with E-state index in [1.54, 1.807) is 0 Å². The first kappa shape index (κ1) is 18.2. The quantitative estimate of drug-likeness (QED) is 0.801. The first-order chi connectivity index (χ1) is 10.1. The largest absolute Gasteiger partial charge is 0.444 e. The number of rotatable bonds is 6. The van der Waals surface area contributed by atoms with E-state index in [0.717, 1.165) is 5.56 Å². The van der Waals surface area contributed by atoms with Crippen LogP contribution in [-0.4, -0.2) is 24.0 Å². The van der Waals surface area contributed by atoms with Gasteiger partial charge < -0.3 is 10.1 Å². The number of amides is 1. The van der Waals surface area contributed by atoms with Crippen LogP contribution in [0.3, 0.4) is 0 Å². The molecule has 0 aromatic heterocycles. The van der Waals surface area contributed by atoms with Crippen LogP contribution in [0.1, 0.15) is 57.8 Å². The van der Waals surface area contributed by atoms with Crippen LogP contribution in [0, 0.1) is 5.41 Å². The average Bonchev–Trinajstić information content (AvgIpc) is 2.42. The Morgan fingerprint density at radius 2 is 1.64 bits per heavy atom. The molecule has 1 aromatic carbocycles. The number of Topliss-reactive ketones (excluding diaryl/α,β-unsaturated/α-hetero) is 1. The minimum Gasteiger partial charge on any atom is -0.444 e. The molecule has 1 amide bonds. The van der Waals surface area contributed by atoms with Crippen molar-refractivity contribution in [1.82, 2.24) is 5.32 Å².